The molecule has 0 radical (unpaired) electrons. The first-order chi connectivity index (χ1) is 11.5. The Kier molecular flexibility index (Phi) is 7.49. The van der Waals surface area contributed by atoms with Crippen LogP contribution in [-0.4, -0.2) is 98.4 Å². The van der Waals surface area contributed by atoms with E-state index in [1.807, 2.05) is 30.9 Å². The van der Waals surface area contributed by atoms with Crippen LogP contribution in [0.1, 0.15) is 32.1 Å². The third-order valence-corrected chi connectivity index (χ3v) is 5.21. The number of likely N-dealkylation sites (N-methyl/N-ethyl adjacent to an activating group) is 1. The minimum atomic E-state index is -0.0263. The minimum Gasteiger partial charge on any atom is -0.345 e. The molecule has 138 valence electrons. The molecule has 0 aromatic heterocycles. The fourth-order valence-corrected chi connectivity index (χ4v) is 3.61. The number of hydrogen-bond donors (Lipinski definition) is 0. The van der Waals surface area contributed by atoms with Crippen molar-refractivity contribution in [3.63, 3.8) is 0 Å². The van der Waals surface area contributed by atoms with Gasteiger partial charge in [-0.05, 0) is 59.4 Å². The molecule has 2 aliphatic rings. The van der Waals surface area contributed by atoms with Crippen molar-refractivity contribution >= 4 is 11.8 Å². The Bertz CT molecular complexity index is 421. The molecule has 0 saturated carbocycles. The third-order valence-electron chi connectivity index (χ3n) is 5.21. The summed E-state index contributed by atoms with van der Waals surface area (Å²) in [5.41, 5.74) is 0. The molecule has 0 unspecified atom stereocenters. The van der Waals surface area contributed by atoms with Gasteiger partial charge in [-0.3, -0.25) is 9.59 Å². The predicted octanol–water partition coefficient (Wildman–Crippen LogP) is 0.731. The molecule has 0 aromatic rings. The average Bonchev–Trinajstić information content (AvgIpc) is 3.06. The molecule has 0 aromatic carbocycles. The summed E-state index contributed by atoms with van der Waals surface area (Å²) in [5.74, 6) is 0.373. The lowest BCUT2D eigenvalue weighted by atomic mass is 9.96. The lowest BCUT2D eigenvalue weighted by Crippen LogP contribution is -2.48. The lowest BCUT2D eigenvalue weighted by Gasteiger charge is -2.34. The fraction of sp³-hybridized carbons (Fsp3) is 0.889. The number of carbonyl (C=O) groups excluding carboxylic acids is 2. The van der Waals surface area contributed by atoms with Gasteiger partial charge in [0.25, 0.3) is 0 Å². The van der Waals surface area contributed by atoms with Crippen LogP contribution in [-0.2, 0) is 9.59 Å². The summed E-state index contributed by atoms with van der Waals surface area (Å²) in [4.78, 5) is 33.0. The van der Waals surface area contributed by atoms with Gasteiger partial charge in [-0.1, -0.05) is 0 Å². The number of amides is 2. The second-order valence-electron chi connectivity index (χ2n) is 7.54. The Morgan fingerprint density at radius 1 is 1.12 bits per heavy atom. The summed E-state index contributed by atoms with van der Waals surface area (Å²) >= 11 is 0. The van der Waals surface area contributed by atoms with E-state index in [-0.39, 0.29) is 17.7 Å². The third kappa shape index (κ3) is 5.74. The summed E-state index contributed by atoms with van der Waals surface area (Å²) in [7, 11) is 5.92. The molecule has 0 aliphatic carbocycles. The van der Waals surface area contributed by atoms with E-state index in [4.69, 9.17) is 0 Å². The van der Waals surface area contributed by atoms with E-state index in [1.54, 1.807) is 0 Å². The van der Waals surface area contributed by atoms with Gasteiger partial charge >= 0.3 is 0 Å². The number of nitrogens with zero attached hydrogens (tertiary/aromatic N) is 4. The SMILES string of the molecule is CN(C)CCN1C[C@@H](C(=O)N(C)CCCN2CCCC2)CCC1=O. The molecule has 2 amide bonds. The normalized spacial score (nSPS) is 22.4. The van der Waals surface area contributed by atoms with Gasteiger partial charge in [-0.15, -0.1) is 0 Å². The monoisotopic (exact) mass is 338 g/mol. The van der Waals surface area contributed by atoms with Crippen molar-refractivity contribution in [1.29, 1.82) is 0 Å². The molecule has 0 N–H and O–H groups in total. The molecule has 2 saturated heterocycles. The number of likely N-dealkylation sites (tertiary alicyclic amines) is 2. The molecule has 6 heteroatoms. The number of rotatable bonds is 8. The maximum atomic E-state index is 12.7. The molecule has 0 bridgehead atoms. The number of carbonyl (C=O) groups is 2. The zero-order valence-corrected chi connectivity index (χ0v) is 15.7. The topological polar surface area (TPSA) is 47.1 Å². The van der Waals surface area contributed by atoms with E-state index in [1.165, 1.54) is 25.9 Å². The van der Waals surface area contributed by atoms with E-state index in [9.17, 15) is 9.59 Å². The van der Waals surface area contributed by atoms with Gasteiger partial charge < -0.3 is 19.6 Å². The number of piperidine rings is 1. The Labute approximate surface area is 146 Å². The molecule has 24 heavy (non-hydrogen) atoms. The van der Waals surface area contributed by atoms with E-state index in [0.717, 1.165) is 26.1 Å². The minimum absolute atomic E-state index is 0.0263. The van der Waals surface area contributed by atoms with Crippen LogP contribution in [0.2, 0.25) is 0 Å². The summed E-state index contributed by atoms with van der Waals surface area (Å²) in [6.45, 7) is 6.48. The summed E-state index contributed by atoms with van der Waals surface area (Å²) in [6, 6.07) is 0. The van der Waals surface area contributed by atoms with Crippen molar-refractivity contribution < 1.29 is 9.59 Å². The van der Waals surface area contributed by atoms with E-state index in [0.29, 0.717) is 25.9 Å². The van der Waals surface area contributed by atoms with Crippen LogP contribution in [0.4, 0.5) is 0 Å². The molecule has 2 rings (SSSR count). The largest absolute Gasteiger partial charge is 0.345 e. The molecular weight excluding hydrogens is 304 g/mol. The summed E-state index contributed by atoms with van der Waals surface area (Å²) in [6.07, 6.45) is 4.87. The maximum Gasteiger partial charge on any atom is 0.227 e. The van der Waals surface area contributed by atoms with E-state index in [2.05, 4.69) is 9.80 Å². The van der Waals surface area contributed by atoms with Crippen LogP contribution in [0.15, 0.2) is 0 Å². The van der Waals surface area contributed by atoms with Crippen molar-refractivity contribution in [1.82, 2.24) is 19.6 Å². The van der Waals surface area contributed by atoms with Gasteiger partial charge in [0, 0.05) is 39.6 Å². The Morgan fingerprint density at radius 2 is 1.83 bits per heavy atom. The van der Waals surface area contributed by atoms with Crippen molar-refractivity contribution in [3.05, 3.63) is 0 Å². The molecular formula is C18H34N4O2. The molecule has 2 heterocycles. The lowest BCUT2D eigenvalue weighted by molar-refractivity contribution is -0.142. The van der Waals surface area contributed by atoms with Crippen molar-refractivity contribution in [2.45, 2.75) is 32.1 Å². The van der Waals surface area contributed by atoms with E-state index >= 15 is 0 Å². The first kappa shape index (κ1) is 19.2. The van der Waals surface area contributed by atoms with Crippen LogP contribution in [0, 0.1) is 5.92 Å². The zero-order valence-electron chi connectivity index (χ0n) is 15.7. The Morgan fingerprint density at radius 3 is 2.50 bits per heavy atom. The Hall–Kier alpha value is -1.14. The molecule has 0 spiro atoms. The maximum absolute atomic E-state index is 12.7. The van der Waals surface area contributed by atoms with Gasteiger partial charge in [0.05, 0.1) is 5.92 Å². The van der Waals surface area contributed by atoms with Gasteiger partial charge in [0.2, 0.25) is 11.8 Å². The molecule has 2 fully saturated rings. The van der Waals surface area contributed by atoms with Crippen LogP contribution < -0.4 is 0 Å². The highest BCUT2D eigenvalue weighted by molar-refractivity contribution is 5.83. The van der Waals surface area contributed by atoms with Gasteiger partial charge in [-0.25, -0.2) is 0 Å². The summed E-state index contributed by atoms with van der Waals surface area (Å²) < 4.78 is 0. The quantitative estimate of drug-likeness (QED) is 0.655. The standard InChI is InChI=1S/C18H34N4O2/c1-19(2)13-14-22-15-16(7-8-17(22)23)18(24)20(3)9-6-12-21-10-4-5-11-21/h16H,4-15H2,1-3H3/t16-/m0/s1. The highest BCUT2D eigenvalue weighted by atomic mass is 16.2. The zero-order chi connectivity index (χ0) is 17.5. The smallest absolute Gasteiger partial charge is 0.227 e. The fourth-order valence-electron chi connectivity index (χ4n) is 3.61. The van der Waals surface area contributed by atoms with E-state index < -0.39 is 0 Å². The van der Waals surface area contributed by atoms with Crippen molar-refractivity contribution in [2.24, 2.45) is 5.92 Å². The number of hydrogen-bond acceptors (Lipinski definition) is 4. The van der Waals surface area contributed by atoms with Gasteiger partial charge in [0.1, 0.15) is 0 Å². The van der Waals surface area contributed by atoms with Crippen LogP contribution >= 0.6 is 0 Å². The van der Waals surface area contributed by atoms with Crippen molar-refractivity contribution in [3.8, 4) is 0 Å². The predicted molar refractivity (Wildman–Crippen MR) is 95.8 cm³/mol. The molecule has 6 nitrogen and oxygen atoms in total. The van der Waals surface area contributed by atoms with Crippen LogP contribution in [0.25, 0.3) is 0 Å². The average molecular weight is 338 g/mol. The van der Waals surface area contributed by atoms with Crippen LogP contribution in [0.3, 0.4) is 0 Å². The molecule has 2 aliphatic heterocycles. The molecule has 1 atom stereocenters. The highest BCUT2D eigenvalue weighted by Crippen LogP contribution is 2.19. The Balaban J connectivity index is 1.74. The van der Waals surface area contributed by atoms with Crippen molar-refractivity contribution in [2.75, 3.05) is 67.0 Å². The second kappa shape index (κ2) is 9.37. The van der Waals surface area contributed by atoms with Crippen LogP contribution in [0.5, 0.6) is 0 Å². The van der Waals surface area contributed by atoms with Gasteiger partial charge in [-0.2, -0.15) is 0 Å². The first-order valence-electron chi connectivity index (χ1n) is 9.37. The highest BCUT2D eigenvalue weighted by Gasteiger charge is 2.31. The first-order valence-corrected chi connectivity index (χ1v) is 9.37. The second-order valence-corrected chi connectivity index (χ2v) is 7.54. The summed E-state index contributed by atoms with van der Waals surface area (Å²) in [5, 5.41) is 0. The van der Waals surface area contributed by atoms with Gasteiger partial charge in [0.15, 0.2) is 0 Å².